The van der Waals surface area contributed by atoms with Crippen molar-refractivity contribution in [2.24, 2.45) is 5.84 Å². The zero-order valence-electron chi connectivity index (χ0n) is 8.40. The van der Waals surface area contributed by atoms with Crippen molar-refractivity contribution in [1.29, 1.82) is 0 Å². The lowest BCUT2D eigenvalue weighted by molar-refractivity contribution is 0.254. The van der Waals surface area contributed by atoms with Crippen LogP contribution in [0.25, 0.3) is 0 Å². The van der Waals surface area contributed by atoms with E-state index in [1.165, 1.54) is 0 Å². The highest BCUT2D eigenvalue weighted by Crippen LogP contribution is 2.06. The molecular formula is C8H15N5O. The van der Waals surface area contributed by atoms with Crippen molar-refractivity contribution >= 4 is 5.95 Å². The third-order valence-electron chi connectivity index (χ3n) is 1.55. The van der Waals surface area contributed by atoms with E-state index in [4.69, 9.17) is 10.6 Å². The molecule has 0 radical (unpaired) electrons. The fourth-order valence-electron chi connectivity index (χ4n) is 0.825. The van der Waals surface area contributed by atoms with E-state index in [1.54, 1.807) is 12.3 Å². The minimum absolute atomic E-state index is 0.354. The molecule has 0 aliphatic heterocycles. The highest BCUT2D eigenvalue weighted by molar-refractivity contribution is 5.25. The number of nitrogen functional groups attached to an aromatic ring is 1. The number of nitrogens with one attached hydrogen (secondary N) is 1. The summed E-state index contributed by atoms with van der Waals surface area (Å²) >= 11 is 0. The molecule has 1 rings (SSSR count). The van der Waals surface area contributed by atoms with Gasteiger partial charge in [0.1, 0.15) is 6.61 Å². The van der Waals surface area contributed by atoms with Crippen LogP contribution in [0.1, 0.15) is 0 Å². The lowest BCUT2D eigenvalue weighted by Crippen LogP contribution is -2.20. The Kier molecular flexibility index (Phi) is 4.09. The zero-order chi connectivity index (χ0) is 10.4. The molecule has 0 saturated carbocycles. The third kappa shape index (κ3) is 3.55. The summed E-state index contributed by atoms with van der Waals surface area (Å²) in [7, 11) is 3.96. The van der Waals surface area contributed by atoms with Gasteiger partial charge in [0.15, 0.2) is 0 Å². The Morgan fingerprint density at radius 2 is 2.36 bits per heavy atom. The molecule has 1 heterocycles. The first kappa shape index (κ1) is 10.7. The molecule has 14 heavy (non-hydrogen) atoms. The Hall–Kier alpha value is -1.40. The molecular weight excluding hydrogens is 182 g/mol. The van der Waals surface area contributed by atoms with Crippen molar-refractivity contribution in [3.05, 3.63) is 12.3 Å². The second-order valence-electron chi connectivity index (χ2n) is 3.01. The summed E-state index contributed by atoms with van der Waals surface area (Å²) in [5.41, 5.74) is 2.35. The number of nitrogens with two attached hydrogens (primary N) is 1. The maximum atomic E-state index is 5.37. The van der Waals surface area contributed by atoms with Gasteiger partial charge in [0, 0.05) is 18.8 Å². The van der Waals surface area contributed by atoms with Crippen LogP contribution < -0.4 is 16.0 Å². The van der Waals surface area contributed by atoms with Crippen molar-refractivity contribution < 1.29 is 4.74 Å². The average Bonchev–Trinajstić information content (AvgIpc) is 2.18. The lowest BCUT2D eigenvalue weighted by Gasteiger charge is -2.10. The second kappa shape index (κ2) is 5.36. The summed E-state index contributed by atoms with van der Waals surface area (Å²) in [6.45, 7) is 1.43. The Balaban J connectivity index is 2.42. The summed E-state index contributed by atoms with van der Waals surface area (Å²) in [4.78, 5) is 9.89. The molecule has 0 aliphatic rings. The number of anilines is 1. The average molecular weight is 197 g/mol. The van der Waals surface area contributed by atoms with Gasteiger partial charge in [0.2, 0.25) is 11.8 Å². The van der Waals surface area contributed by atoms with Crippen molar-refractivity contribution in [2.75, 3.05) is 32.7 Å². The van der Waals surface area contributed by atoms with Crippen LogP contribution in [0.2, 0.25) is 0 Å². The van der Waals surface area contributed by atoms with Gasteiger partial charge in [-0.15, -0.1) is 0 Å². The molecule has 0 aromatic carbocycles. The largest absolute Gasteiger partial charge is 0.476 e. The molecule has 6 heteroatoms. The van der Waals surface area contributed by atoms with Crippen LogP contribution in [0.15, 0.2) is 12.3 Å². The van der Waals surface area contributed by atoms with Crippen LogP contribution in [0.4, 0.5) is 5.95 Å². The number of aromatic nitrogens is 2. The number of hydrogen-bond acceptors (Lipinski definition) is 6. The van der Waals surface area contributed by atoms with Gasteiger partial charge < -0.3 is 9.64 Å². The first-order chi connectivity index (χ1) is 6.72. The van der Waals surface area contributed by atoms with Gasteiger partial charge in [-0.2, -0.15) is 4.98 Å². The number of likely N-dealkylation sites (N-methyl/N-ethyl adjacent to an activating group) is 1. The van der Waals surface area contributed by atoms with E-state index < -0.39 is 0 Å². The number of hydrazine groups is 1. The van der Waals surface area contributed by atoms with Crippen LogP contribution in [-0.4, -0.2) is 42.1 Å². The minimum Gasteiger partial charge on any atom is -0.476 e. The molecule has 1 aromatic heterocycles. The standard InChI is InChI=1S/C8H15N5O/c1-13(2)5-6-14-7-3-4-10-8(11-7)12-9/h3-4H,5-6,9H2,1-2H3,(H,10,11,12). The van der Waals surface area contributed by atoms with E-state index in [0.717, 1.165) is 6.54 Å². The monoisotopic (exact) mass is 197 g/mol. The minimum atomic E-state index is 0.354. The van der Waals surface area contributed by atoms with Crippen molar-refractivity contribution in [2.45, 2.75) is 0 Å². The molecule has 0 amide bonds. The molecule has 6 nitrogen and oxygen atoms in total. The van der Waals surface area contributed by atoms with Crippen LogP contribution >= 0.6 is 0 Å². The second-order valence-corrected chi connectivity index (χ2v) is 3.01. The first-order valence-corrected chi connectivity index (χ1v) is 4.29. The number of hydrogen-bond donors (Lipinski definition) is 2. The molecule has 78 valence electrons. The van der Waals surface area contributed by atoms with E-state index in [-0.39, 0.29) is 0 Å². The van der Waals surface area contributed by atoms with Gasteiger partial charge in [-0.05, 0) is 14.1 Å². The Labute approximate surface area is 83.1 Å². The zero-order valence-corrected chi connectivity index (χ0v) is 8.40. The summed E-state index contributed by atoms with van der Waals surface area (Å²) in [5.74, 6) is 6.03. The molecule has 0 saturated heterocycles. The van der Waals surface area contributed by atoms with Gasteiger partial charge in [-0.1, -0.05) is 0 Å². The van der Waals surface area contributed by atoms with Crippen LogP contribution in [-0.2, 0) is 0 Å². The van der Waals surface area contributed by atoms with Crippen molar-refractivity contribution in [1.82, 2.24) is 14.9 Å². The van der Waals surface area contributed by atoms with E-state index in [9.17, 15) is 0 Å². The Bertz CT molecular complexity index is 278. The van der Waals surface area contributed by atoms with E-state index in [0.29, 0.717) is 18.4 Å². The fraction of sp³-hybridized carbons (Fsp3) is 0.500. The maximum absolute atomic E-state index is 5.37. The predicted molar refractivity (Wildman–Crippen MR) is 53.9 cm³/mol. The van der Waals surface area contributed by atoms with E-state index in [2.05, 4.69) is 15.4 Å². The maximum Gasteiger partial charge on any atom is 0.240 e. The normalized spacial score (nSPS) is 10.3. The van der Waals surface area contributed by atoms with Gasteiger partial charge >= 0.3 is 0 Å². The van der Waals surface area contributed by atoms with Crippen molar-refractivity contribution in [3.8, 4) is 5.88 Å². The number of ether oxygens (including phenoxy) is 1. The van der Waals surface area contributed by atoms with Gasteiger partial charge in [0.25, 0.3) is 0 Å². The molecule has 0 spiro atoms. The highest BCUT2D eigenvalue weighted by Gasteiger charge is 1.98. The molecule has 0 fully saturated rings. The summed E-state index contributed by atoms with van der Waals surface area (Å²) < 4.78 is 5.37. The fourth-order valence-corrected chi connectivity index (χ4v) is 0.825. The summed E-state index contributed by atoms with van der Waals surface area (Å²) in [6, 6.07) is 1.69. The highest BCUT2D eigenvalue weighted by atomic mass is 16.5. The van der Waals surface area contributed by atoms with Gasteiger partial charge in [-0.25, -0.2) is 10.8 Å². The quantitative estimate of drug-likeness (QED) is 0.498. The Morgan fingerprint density at radius 3 is 3.00 bits per heavy atom. The summed E-state index contributed by atoms with van der Waals surface area (Å²) in [6.07, 6.45) is 1.59. The van der Waals surface area contributed by atoms with E-state index in [1.807, 2.05) is 19.0 Å². The molecule has 0 aliphatic carbocycles. The molecule has 1 aromatic rings. The number of nitrogens with zero attached hydrogens (tertiary/aromatic N) is 3. The first-order valence-electron chi connectivity index (χ1n) is 4.29. The molecule has 3 N–H and O–H groups in total. The summed E-state index contributed by atoms with van der Waals surface area (Å²) in [5, 5.41) is 0. The van der Waals surface area contributed by atoms with Crippen LogP contribution in [0, 0.1) is 0 Å². The van der Waals surface area contributed by atoms with Crippen LogP contribution in [0.3, 0.4) is 0 Å². The molecule has 0 atom stereocenters. The third-order valence-corrected chi connectivity index (χ3v) is 1.55. The van der Waals surface area contributed by atoms with Gasteiger partial charge in [0.05, 0.1) is 0 Å². The van der Waals surface area contributed by atoms with Gasteiger partial charge in [-0.3, -0.25) is 5.43 Å². The van der Waals surface area contributed by atoms with E-state index >= 15 is 0 Å². The molecule has 0 unspecified atom stereocenters. The van der Waals surface area contributed by atoms with Crippen molar-refractivity contribution in [3.63, 3.8) is 0 Å². The topological polar surface area (TPSA) is 76.3 Å². The molecule has 0 bridgehead atoms. The number of rotatable bonds is 5. The lowest BCUT2D eigenvalue weighted by atomic mass is 10.6. The SMILES string of the molecule is CN(C)CCOc1ccnc(NN)n1. The smallest absolute Gasteiger partial charge is 0.240 e. The Morgan fingerprint density at radius 1 is 1.57 bits per heavy atom. The predicted octanol–water partition coefficient (Wildman–Crippen LogP) is -0.297. The van der Waals surface area contributed by atoms with Crippen LogP contribution in [0.5, 0.6) is 5.88 Å².